The highest BCUT2D eigenvalue weighted by atomic mass is 19.1. The minimum absolute atomic E-state index is 0.0574. The SMILES string of the molecule is CCCCCCCCC(c1ccc(-c2ccc(F)cc2)cc1)C(OC(C)C)(OC(C)C)OC(C)C. The van der Waals surface area contributed by atoms with Gasteiger partial charge in [0.25, 0.3) is 5.97 Å². The van der Waals surface area contributed by atoms with Gasteiger partial charge in [0.1, 0.15) is 5.82 Å². The van der Waals surface area contributed by atoms with Crippen molar-refractivity contribution < 1.29 is 18.6 Å². The van der Waals surface area contributed by atoms with E-state index in [1.807, 2.05) is 53.7 Å². The quantitative estimate of drug-likeness (QED) is 0.175. The lowest BCUT2D eigenvalue weighted by Crippen LogP contribution is -2.49. The van der Waals surface area contributed by atoms with Crippen LogP contribution in [0.15, 0.2) is 48.5 Å². The van der Waals surface area contributed by atoms with Crippen LogP contribution < -0.4 is 0 Å². The number of rotatable bonds is 16. The average Bonchev–Trinajstić information content (AvgIpc) is 2.78. The fraction of sp³-hybridized carbons (Fsp3) is 0.613. The van der Waals surface area contributed by atoms with Crippen molar-refractivity contribution in [1.82, 2.24) is 0 Å². The molecule has 4 heteroatoms. The van der Waals surface area contributed by atoms with Gasteiger partial charge in [-0.15, -0.1) is 0 Å². The van der Waals surface area contributed by atoms with E-state index in [-0.39, 0.29) is 30.0 Å². The standard InChI is InChI=1S/C31H47FO3/c1-8-9-10-11-12-13-14-30(31(33-23(2)3,34-24(4)5)35-25(6)7)28-17-15-26(16-18-28)27-19-21-29(32)22-20-27/h15-25,30H,8-14H2,1-7H3. The molecule has 2 rings (SSSR count). The molecule has 0 bridgehead atoms. The Morgan fingerprint density at radius 2 is 1.06 bits per heavy atom. The zero-order chi connectivity index (χ0) is 25.8. The Balaban J connectivity index is 2.40. The highest BCUT2D eigenvalue weighted by molar-refractivity contribution is 5.63. The van der Waals surface area contributed by atoms with Crippen LogP contribution in [0, 0.1) is 5.82 Å². The highest BCUT2D eigenvalue weighted by Gasteiger charge is 2.46. The van der Waals surface area contributed by atoms with Crippen molar-refractivity contribution >= 4 is 0 Å². The van der Waals surface area contributed by atoms with Gasteiger partial charge in [0.05, 0.1) is 24.2 Å². The summed E-state index contributed by atoms with van der Waals surface area (Å²) in [5, 5.41) is 0. The van der Waals surface area contributed by atoms with Gasteiger partial charge in [0, 0.05) is 0 Å². The third-order valence-electron chi connectivity index (χ3n) is 5.96. The van der Waals surface area contributed by atoms with Crippen LogP contribution in [0.3, 0.4) is 0 Å². The normalized spacial score (nSPS) is 13.2. The first-order valence-corrected chi connectivity index (χ1v) is 13.6. The fourth-order valence-electron chi connectivity index (χ4n) is 4.54. The molecule has 0 amide bonds. The number of hydrogen-bond donors (Lipinski definition) is 0. The number of unbranched alkanes of at least 4 members (excludes halogenated alkanes) is 5. The molecule has 2 aromatic carbocycles. The maximum absolute atomic E-state index is 13.4. The Bertz CT molecular complexity index is 801. The van der Waals surface area contributed by atoms with Gasteiger partial charge < -0.3 is 14.2 Å². The lowest BCUT2D eigenvalue weighted by Gasteiger charge is -2.43. The van der Waals surface area contributed by atoms with Gasteiger partial charge in [-0.1, -0.05) is 81.8 Å². The zero-order valence-electron chi connectivity index (χ0n) is 23.0. The Labute approximate surface area is 213 Å². The largest absolute Gasteiger partial charge is 0.324 e. The monoisotopic (exact) mass is 486 g/mol. The molecule has 2 aromatic rings. The van der Waals surface area contributed by atoms with E-state index in [4.69, 9.17) is 14.2 Å². The lowest BCUT2D eigenvalue weighted by molar-refractivity contribution is -0.420. The van der Waals surface area contributed by atoms with Crippen molar-refractivity contribution in [1.29, 1.82) is 0 Å². The van der Waals surface area contributed by atoms with Gasteiger partial charge in [0.15, 0.2) is 0 Å². The molecule has 0 fully saturated rings. The van der Waals surface area contributed by atoms with Gasteiger partial charge in [-0.05, 0) is 76.8 Å². The Kier molecular flexibility index (Phi) is 12.4. The highest BCUT2D eigenvalue weighted by Crippen LogP contribution is 2.41. The van der Waals surface area contributed by atoms with Crippen molar-refractivity contribution in [2.45, 2.75) is 124 Å². The average molecular weight is 487 g/mol. The predicted molar refractivity (Wildman–Crippen MR) is 144 cm³/mol. The third kappa shape index (κ3) is 9.67. The van der Waals surface area contributed by atoms with Crippen molar-refractivity contribution in [2.24, 2.45) is 0 Å². The van der Waals surface area contributed by atoms with E-state index >= 15 is 0 Å². The van der Waals surface area contributed by atoms with Crippen LogP contribution in [0.2, 0.25) is 0 Å². The van der Waals surface area contributed by atoms with E-state index in [1.54, 1.807) is 0 Å². The summed E-state index contributed by atoms with van der Waals surface area (Å²) in [4.78, 5) is 0. The summed E-state index contributed by atoms with van der Waals surface area (Å²) in [6.07, 6.45) is 8.08. The van der Waals surface area contributed by atoms with Gasteiger partial charge in [0.2, 0.25) is 0 Å². The molecule has 0 spiro atoms. The second-order valence-electron chi connectivity index (χ2n) is 10.3. The zero-order valence-corrected chi connectivity index (χ0v) is 23.0. The summed E-state index contributed by atoms with van der Waals surface area (Å²) >= 11 is 0. The second-order valence-corrected chi connectivity index (χ2v) is 10.3. The molecule has 0 saturated heterocycles. The van der Waals surface area contributed by atoms with E-state index in [0.29, 0.717) is 0 Å². The number of halogens is 1. The molecule has 0 aromatic heterocycles. The van der Waals surface area contributed by atoms with E-state index in [2.05, 4.69) is 31.2 Å². The molecule has 196 valence electrons. The topological polar surface area (TPSA) is 27.7 Å². The molecule has 1 atom stereocenters. The van der Waals surface area contributed by atoms with Gasteiger partial charge in [-0.25, -0.2) is 4.39 Å². The number of hydrogen-bond acceptors (Lipinski definition) is 3. The molecule has 0 saturated carbocycles. The smallest absolute Gasteiger partial charge is 0.290 e. The minimum atomic E-state index is -1.17. The first-order valence-electron chi connectivity index (χ1n) is 13.6. The molecule has 0 N–H and O–H groups in total. The van der Waals surface area contributed by atoms with Crippen LogP contribution in [0.4, 0.5) is 4.39 Å². The van der Waals surface area contributed by atoms with E-state index in [9.17, 15) is 4.39 Å². The van der Waals surface area contributed by atoms with Crippen LogP contribution in [-0.2, 0) is 14.2 Å². The Hall–Kier alpha value is -1.75. The van der Waals surface area contributed by atoms with Crippen molar-refractivity contribution in [3.63, 3.8) is 0 Å². The van der Waals surface area contributed by atoms with Crippen LogP contribution in [0.5, 0.6) is 0 Å². The van der Waals surface area contributed by atoms with Crippen molar-refractivity contribution in [3.05, 3.63) is 59.9 Å². The third-order valence-corrected chi connectivity index (χ3v) is 5.96. The molecule has 3 nitrogen and oxygen atoms in total. The minimum Gasteiger partial charge on any atom is -0.324 e. The molecule has 35 heavy (non-hydrogen) atoms. The molecule has 0 radical (unpaired) electrons. The van der Waals surface area contributed by atoms with Crippen LogP contribution in [0.25, 0.3) is 11.1 Å². The Morgan fingerprint density at radius 1 is 0.629 bits per heavy atom. The lowest BCUT2D eigenvalue weighted by atomic mass is 9.88. The number of benzene rings is 2. The first-order chi connectivity index (χ1) is 16.7. The van der Waals surface area contributed by atoms with Gasteiger partial charge in [-0.3, -0.25) is 0 Å². The fourth-order valence-corrected chi connectivity index (χ4v) is 4.54. The predicted octanol–water partition coefficient (Wildman–Crippen LogP) is 9.26. The maximum atomic E-state index is 13.4. The maximum Gasteiger partial charge on any atom is 0.290 e. The molecule has 0 aliphatic carbocycles. The van der Waals surface area contributed by atoms with Gasteiger partial charge in [-0.2, -0.15) is 0 Å². The van der Waals surface area contributed by atoms with Crippen LogP contribution in [-0.4, -0.2) is 24.3 Å². The molecule has 0 heterocycles. The van der Waals surface area contributed by atoms with Crippen LogP contribution in [0.1, 0.15) is 105 Å². The molecule has 0 aliphatic heterocycles. The summed E-state index contributed by atoms with van der Waals surface area (Å²) in [5.41, 5.74) is 3.18. The first kappa shape index (κ1) is 29.5. The summed E-state index contributed by atoms with van der Waals surface area (Å²) < 4.78 is 32.9. The molecule has 0 aliphatic rings. The second kappa shape index (κ2) is 14.7. The van der Waals surface area contributed by atoms with Crippen molar-refractivity contribution in [3.8, 4) is 11.1 Å². The summed E-state index contributed by atoms with van der Waals surface area (Å²) in [5.74, 6) is -1.48. The van der Waals surface area contributed by atoms with E-state index in [1.165, 1.54) is 44.2 Å². The summed E-state index contributed by atoms with van der Waals surface area (Å²) in [6, 6.07) is 15.1. The van der Waals surface area contributed by atoms with Crippen LogP contribution >= 0.6 is 0 Å². The summed E-state index contributed by atoms with van der Waals surface area (Å²) in [6.45, 7) is 14.4. The summed E-state index contributed by atoms with van der Waals surface area (Å²) in [7, 11) is 0. The molecule has 1 unspecified atom stereocenters. The van der Waals surface area contributed by atoms with E-state index in [0.717, 1.165) is 29.5 Å². The molecular formula is C31H47FO3. The van der Waals surface area contributed by atoms with Gasteiger partial charge >= 0.3 is 0 Å². The number of ether oxygens (including phenoxy) is 3. The van der Waals surface area contributed by atoms with E-state index < -0.39 is 5.97 Å². The Morgan fingerprint density at radius 3 is 1.51 bits per heavy atom. The van der Waals surface area contributed by atoms with Crippen molar-refractivity contribution in [2.75, 3.05) is 0 Å². The molecular weight excluding hydrogens is 439 g/mol.